The fraction of sp³-hybridized carbons (Fsp3) is 0.222. The number of H-pyrrole nitrogens is 1. The van der Waals surface area contributed by atoms with Gasteiger partial charge in [-0.25, -0.2) is 0 Å². The zero-order valence-electron chi connectivity index (χ0n) is 12.0. The van der Waals surface area contributed by atoms with E-state index in [1.54, 1.807) is 0 Å². The lowest BCUT2D eigenvalue weighted by Gasteiger charge is -2.07. The van der Waals surface area contributed by atoms with E-state index in [1.165, 1.54) is 16.5 Å². The van der Waals surface area contributed by atoms with Crippen LogP contribution >= 0.6 is 0 Å². The minimum Gasteiger partial charge on any atom is -0.487 e. The molecule has 0 atom stereocenters. The second-order valence-electron chi connectivity index (χ2n) is 5.16. The van der Waals surface area contributed by atoms with Crippen LogP contribution in [0.4, 0.5) is 0 Å². The minimum atomic E-state index is 0.580. The lowest BCUT2D eigenvalue weighted by Crippen LogP contribution is -1.99. The maximum atomic E-state index is 5.97. The van der Waals surface area contributed by atoms with Crippen LogP contribution in [0.15, 0.2) is 54.7 Å². The van der Waals surface area contributed by atoms with Gasteiger partial charge in [-0.05, 0) is 36.6 Å². The molecule has 0 amide bonds. The van der Waals surface area contributed by atoms with Gasteiger partial charge in [0.25, 0.3) is 0 Å². The Labute approximate surface area is 124 Å². The van der Waals surface area contributed by atoms with Crippen molar-refractivity contribution in [3.63, 3.8) is 0 Å². The molecule has 0 fully saturated rings. The molecule has 21 heavy (non-hydrogen) atoms. The van der Waals surface area contributed by atoms with Crippen molar-refractivity contribution in [2.75, 3.05) is 6.54 Å². The van der Waals surface area contributed by atoms with Gasteiger partial charge in [0, 0.05) is 11.6 Å². The average molecular weight is 280 g/mol. The van der Waals surface area contributed by atoms with E-state index < -0.39 is 0 Å². The molecule has 3 nitrogen and oxygen atoms in total. The van der Waals surface area contributed by atoms with Gasteiger partial charge >= 0.3 is 0 Å². The molecule has 0 aliphatic heterocycles. The molecular weight excluding hydrogens is 260 g/mol. The monoisotopic (exact) mass is 280 g/mol. The van der Waals surface area contributed by atoms with E-state index in [2.05, 4.69) is 29.4 Å². The summed E-state index contributed by atoms with van der Waals surface area (Å²) in [6.07, 6.45) is 4.07. The van der Waals surface area contributed by atoms with Gasteiger partial charge in [-0.15, -0.1) is 0 Å². The highest BCUT2D eigenvalue weighted by molar-refractivity contribution is 5.88. The quantitative estimate of drug-likeness (QED) is 0.724. The number of fused-ring (bicyclic) bond motifs is 1. The maximum absolute atomic E-state index is 5.97. The van der Waals surface area contributed by atoms with Crippen LogP contribution in [0.2, 0.25) is 0 Å². The standard InChI is InChI=1S/C18H20N2O/c19-11-5-8-15-12-20-18-16(15)9-4-10-17(18)21-13-14-6-2-1-3-7-14/h1-4,6-7,9-10,12,20H,5,8,11,13,19H2. The van der Waals surface area contributed by atoms with E-state index in [4.69, 9.17) is 10.5 Å². The number of hydrogen-bond donors (Lipinski definition) is 2. The van der Waals surface area contributed by atoms with Crippen molar-refractivity contribution >= 4 is 10.9 Å². The van der Waals surface area contributed by atoms with Crippen molar-refractivity contribution in [2.24, 2.45) is 5.73 Å². The van der Waals surface area contributed by atoms with Crippen molar-refractivity contribution in [1.29, 1.82) is 0 Å². The fourth-order valence-corrected chi connectivity index (χ4v) is 2.54. The topological polar surface area (TPSA) is 51.0 Å². The highest BCUT2D eigenvalue weighted by Gasteiger charge is 2.08. The number of aromatic nitrogens is 1. The molecule has 1 heterocycles. The van der Waals surface area contributed by atoms with Crippen LogP contribution in [0.25, 0.3) is 10.9 Å². The van der Waals surface area contributed by atoms with Gasteiger partial charge in [-0.2, -0.15) is 0 Å². The van der Waals surface area contributed by atoms with Crippen LogP contribution in [0.1, 0.15) is 17.5 Å². The zero-order valence-corrected chi connectivity index (χ0v) is 12.0. The molecule has 0 aliphatic carbocycles. The van der Waals surface area contributed by atoms with Crippen LogP contribution in [0, 0.1) is 0 Å². The normalized spacial score (nSPS) is 10.9. The molecule has 0 radical (unpaired) electrons. The SMILES string of the molecule is NCCCc1c[nH]c2c(OCc3ccccc3)cccc12. The van der Waals surface area contributed by atoms with Crippen LogP contribution < -0.4 is 10.5 Å². The van der Waals surface area contributed by atoms with E-state index in [9.17, 15) is 0 Å². The highest BCUT2D eigenvalue weighted by Crippen LogP contribution is 2.28. The Morgan fingerprint density at radius 3 is 2.67 bits per heavy atom. The summed E-state index contributed by atoms with van der Waals surface area (Å²) in [5, 5.41) is 1.23. The summed E-state index contributed by atoms with van der Waals surface area (Å²) in [7, 11) is 0. The Hall–Kier alpha value is -2.26. The van der Waals surface area contributed by atoms with Gasteiger partial charge < -0.3 is 15.5 Å². The summed E-state index contributed by atoms with van der Waals surface area (Å²) < 4.78 is 5.97. The largest absolute Gasteiger partial charge is 0.487 e. The first-order valence-corrected chi connectivity index (χ1v) is 7.34. The summed E-state index contributed by atoms with van der Waals surface area (Å²) >= 11 is 0. The number of nitrogens with one attached hydrogen (secondary N) is 1. The van der Waals surface area contributed by atoms with Crippen molar-refractivity contribution in [2.45, 2.75) is 19.4 Å². The third kappa shape index (κ3) is 3.09. The zero-order chi connectivity index (χ0) is 14.5. The Morgan fingerprint density at radius 2 is 1.86 bits per heavy atom. The number of aromatic amines is 1. The third-order valence-electron chi connectivity index (χ3n) is 3.65. The number of rotatable bonds is 6. The molecular formula is C18H20N2O. The molecule has 2 aromatic carbocycles. The summed E-state index contributed by atoms with van der Waals surface area (Å²) in [5.74, 6) is 0.898. The number of para-hydroxylation sites is 1. The van der Waals surface area contributed by atoms with E-state index in [1.807, 2.05) is 30.3 Å². The highest BCUT2D eigenvalue weighted by atomic mass is 16.5. The van der Waals surface area contributed by atoms with Gasteiger partial charge in [0.15, 0.2) is 0 Å². The van der Waals surface area contributed by atoms with Gasteiger partial charge in [0.2, 0.25) is 0 Å². The Bertz CT molecular complexity index is 704. The fourth-order valence-electron chi connectivity index (χ4n) is 2.54. The van der Waals surface area contributed by atoms with Gasteiger partial charge in [0.1, 0.15) is 12.4 Å². The summed E-state index contributed by atoms with van der Waals surface area (Å²) in [5.41, 5.74) is 9.14. The molecule has 0 aliphatic rings. The lowest BCUT2D eigenvalue weighted by molar-refractivity contribution is 0.309. The maximum Gasteiger partial charge on any atom is 0.143 e. The Kier molecular flexibility index (Phi) is 4.22. The summed E-state index contributed by atoms with van der Waals surface area (Å²) in [4.78, 5) is 3.34. The first-order valence-electron chi connectivity index (χ1n) is 7.34. The Morgan fingerprint density at radius 1 is 1.00 bits per heavy atom. The smallest absolute Gasteiger partial charge is 0.143 e. The molecule has 3 rings (SSSR count). The third-order valence-corrected chi connectivity index (χ3v) is 3.65. The molecule has 0 saturated heterocycles. The molecule has 3 aromatic rings. The first kappa shape index (κ1) is 13.7. The molecule has 0 bridgehead atoms. The average Bonchev–Trinajstić information content (AvgIpc) is 2.95. The van der Waals surface area contributed by atoms with Crippen molar-refractivity contribution < 1.29 is 4.74 Å². The van der Waals surface area contributed by atoms with Gasteiger partial charge in [-0.3, -0.25) is 0 Å². The molecule has 0 saturated carbocycles. The molecule has 1 aromatic heterocycles. The second-order valence-corrected chi connectivity index (χ2v) is 5.16. The first-order chi connectivity index (χ1) is 10.4. The number of nitrogens with two attached hydrogens (primary N) is 1. The number of hydrogen-bond acceptors (Lipinski definition) is 2. The van der Waals surface area contributed by atoms with Crippen molar-refractivity contribution in [3.05, 3.63) is 65.9 Å². The van der Waals surface area contributed by atoms with E-state index in [0.29, 0.717) is 6.61 Å². The molecule has 3 N–H and O–H groups in total. The predicted octanol–water partition coefficient (Wildman–Crippen LogP) is 3.64. The minimum absolute atomic E-state index is 0.580. The molecule has 0 unspecified atom stereocenters. The second kappa shape index (κ2) is 6.46. The van der Waals surface area contributed by atoms with E-state index >= 15 is 0 Å². The predicted molar refractivity (Wildman–Crippen MR) is 86.4 cm³/mol. The molecule has 108 valence electrons. The lowest BCUT2D eigenvalue weighted by atomic mass is 10.1. The Balaban J connectivity index is 1.81. The van der Waals surface area contributed by atoms with E-state index in [0.717, 1.165) is 30.7 Å². The number of ether oxygens (including phenoxy) is 1. The molecule has 0 spiro atoms. The van der Waals surface area contributed by atoms with Gasteiger partial charge in [0.05, 0.1) is 5.52 Å². The van der Waals surface area contributed by atoms with E-state index in [-0.39, 0.29) is 0 Å². The number of benzene rings is 2. The van der Waals surface area contributed by atoms with Crippen molar-refractivity contribution in [1.82, 2.24) is 4.98 Å². The van der Waals surface area contributed by atoms with Crippen molar-refractivity contribution in [3.8, 4) is 5.75 Å². The van der Waals surface area contributed by atoms with Crippen LogP contribution in [0.3, 0.4) is 0 Å². The van der Waals surface area contributed by atoms with Crippen LogP contribution in [-0.4, -0.2) is 11.5 Å². The summed E-state index contributed by atoms with van der Waals surface area (Å²) in [6.45, 7) is 1.30. The van der Waals surface area contributed by atoms with Crippen LogP contribution in [-0.2, 0) is 13.0 Å². The molecule has 3 heteroatoms. The van der Waals surface area contributed by atoms with Gasteiger partial charge in [-0.1, -0.05) is 42.5 Å². The summed E-state index contributed by atoms with van der Waals surface area (Å²) in [6, 6.07) is 16.4. The number of aryl methyl sites for hydroxylation is 1. The van der Waals surface area contributed by atoms with Crippen LogP contribution in [0.5, 0.6) is 5.75 Å².